The summed E-state index contributed by atoms with van der Waals surface area (Å²) in [5.41, 5.74) is 0.468. The van der Waals surface area contributed by atoms with Gasteiger partial charge < -0.3 is 9.15 Å². The average molecular weight is 493 g/mol. The Balaban J connectivity index is 1.74. The second kappa shape index (κ2) is 9.25. The number of fused-ring (bicyclic) bond motifs is 1. The summed E-state index contributed by atoms with van der Waals surface area (Å²) in [4.78, 5) is 16.0. The summed E-state index contributed by atoms with van der Waals surface area (Å²) < 4.78 is 79.2. The highest BCUT2D eigenvalue weighted by Crippen LogP contribution is 2.38. The Bertz CT molecular complexity index is 1380. The zero-order valence-corrected chi connectivity index (χ0v) is 18.5. The normalized spacial score (nSPS) is 13.1. The predicted octanol–water partition coefficient (Wildman–Crippen LogP) is 4.51. The van der Waals surface area contributed by atoms with E-state index in [-0.39, 0.29) is 33.8 Å². The van der Waals surface area contributed by atoms with Gasteiger partial charge in [-0.1, -0.05) is 25.1 Å². The number of aromatic nitrogens is 4. The van der Waals surface area contributed by atoms with Gasteiger partial charge in [0, 0.05) is 11.8 Å². The molecule has 13 heteroatoms. The van der Waals surface area contributed by atoms with Crippen LogP contribution in [0.15, 0.2) is 59.6 Å². The van der Waals surface area contributed by atoms with Crippen molar-refractivity contribution >= 4 is 26.9 Å². The molecule has 0 unspecified atom stereocenters. The molecule has 0 fully saturated rings. The van der Waals surface area contributed by atoms with E-state index in [2.05, 4.69) is 24.7 Å². The fourth-order valence-electron chi connectivity index (χ4n) is 3.08. The van der Waals surface area contributed by atoms with Crippen molar-refractivity contribution < 1.29 is 30.7 Å². The van der Waals surface area contributed by atoms with E-state index in [4.69, 9.17) is 9.15 Å². The molecule has 3 aromatic heterocycles. The number of alkyl halides is 3. The maximum absolute atomic E-state index is 14.0. The van der Waals surface area contributed by atoms with Crippen LogP contribution in [0, 0.1) is 0 Å². The molecular weight excluding hydrogens is 475 g/mol. The highest BCUT2D eigenvalue weighted by molar-refractivity contribution is 7.92. The molecule has 9 nitrogen and oxygen atoms in total. The molecule has 0 saturated carbocycles. The number of halogens is 3. The molecule has 3 heterocycles. The minimum atomic E-state index is -4.87. The number of nitrogens with one attached hydrogen (secondary N) is 1. The fraction of sp³-hybridized carbons (Fsp3) is 0.238. The average Bonchev–Trinajstić information content (AvgIpc) is 3.31. The molecular formula is C21H18F3N5O4S. The molecule has 0 aliphatic heterocycles. The molecule has 178 valence electrons. The van der Waals surface area contributed by atoms with Crippen molar-refractivity contribution in [2.45, 2.75) is 25.6 Å². The number of nitrogens with zero attached hydrogens (tertiary/aromatic N) is 4. The Labute approximate surface area is 192 Å². The number of oxazole rings is 1. The number of anilines is 1. The number of hydrogen-bond donors (Lipinski definition) is 1. The zero-order chi connectivity index (χ0) is 24.3. The van der Waals surface area contributed by atoms with Gasteiger partial charge in [0.05, 0.1) is 23.0 Å². The fourth-order valence-corrected chi connectivity index (χ4v) is 4.15. The SMILES string of the molecule is CCCS(=O)(=O)Nc1nc2ccccc2nc1O[C@@H](c1ccc(-c2cnco2)nc1)C(F)(F)F. The Hall–Kier alpha value is -3.74. The number of ether oxygens (including phenoxy) is 1. The van der Waals surface area contributed by atoms with E-state index in [1.165, 1.54) is 30.8 Å². The van der Waals surface area contributed by atoms with Gasteiger partial charge in [-0.2, -0.15) is 13.2 Å². The summed E-state index contributed by atoms with van der Waals surface area (Å²) in [6.45, 7) is 1.65. The third kappa shape index (κ3) is 5.25. The molecule has 4 rings (SSSR count). The van der Waals surface area contributed by atoms with Gasteiger partial charge in [-0.05, 0) is 24.6 Å². The standard InChI is InChI=1S/C21H18F3N5O4S/c1-2-9-34(30,31)29-19-20(28-15-6-4-3-5-14(15)27-19)33-18(21(22,23)24)13-7-8-16(26-10-13)17-11-25-12-32-17/h3-8,10-12,18H,2,9H2,1H3,(H,27,29)/t18-/m0/s1. The van der Waals surface area contributed by atoms with Gasteiger partial charge in [-0.3, -0.25) is 9.71 Å². The lowest BCUT2D eigenvalue weighted by molar-refractivity contribution is -0.198. The number of para-hydroxylation sites is 2. The number of rotatable bonds is 8. The van der Waals surface area contributed by atoms with Gasteiger partial charge in [0.2, 0.25) is 21.9 Å². The summed E-state index contributed by atoms with van der Waals surface area (Å²) in [6, 6.07) is 8.84. The number of pyridine rings is 1. The second-order valence-electron chi connectivity index (χ2n) is 7.17. The molecule has 0 aliphatic rings. The molecule has 0 spiro atoms. The first-order valence-electron chi connectivity index (χ1n) is 10.0. The van der Waals surface area contributed by atoms with Crippen molar-refractivity contribution in [2.24, 2.45) is 0 Å². The van der Waals surface area contributed by atoms with Crippen LogP contribution in [0.25, 0.3) is 22.5 Å². The number of benzene rings is 1. The van der Waals surface area contributed by atoms with Crippen molar-refractivity contribution in [3.05, 3.63) is 60.7 Å². The molecule has 1 aromatic carbocycles. The van der Waals surface area contributed by atoms with Crippen molar-refractivity contribution in [1.29, 1.82) is 0 Å². The van der Waals surface area contributed by atoms with Gasteiger partial charge in [0.25, 0.3) is 5.88 Å². The third-order valence-electron chi connectivity index (χ3n) is 4.56. The van der Waals surface area contributed by atoms with Crippen LogP contribution >= 0.6 is 0 Å². The molecule has 1 atom stereocenters. The van der Waals surface area contributed by atoms with E-state index < -0.39 is 34.0 Å². The molecule has 0 radical (unpaired) electrons. The van der Waals surface area contributed by atoms with Gasteiger partial charge in [-0.15, -0.1) is 0 Å². The Kier molecular flexibility index (Phi) is 6.37. The highest BCUT2D eigenvalue weighted by Gasteiger charge is 2.44. The minimum Gasteiger partial charge on any atom is -0.457 e. The van der Waals surface area contributed by atoms with Crippen molar-refractivity contribution in [3.63, 3.8) is 0 Å². The monoisotopic (exact) mass is 493 g/mol. The van der Waals surface area contributed by atoms with E-state index in [0.717, 1.165) is 6.20 Å². The van der Waals surface area contributed by atoms with Crippen LogP contribution < -0.4 is 9.46 Å². The van der Waals surface area contributed by atoms with Crippen LogP contribution in [0.3, 0.4) is 0 Å². The van der Waals surface area contributed by atoms with Crippen LogP contribution in [-0.4, -0.2) is 40.3 Å². The van der Waals surface area contributed by atoms with Crippen molar-refractivity contribution in [3.8, 4) is 17.3 Å². The minimum absolute atomic E-state index is 0.232. The van der Waals surface area contributed by atoms with E-state index in [0.29, 0.717) is 6.42 Å². The molecule has 0 amide bonds. The summed E-state index contributed by atoms with van der Waals surface area (Å²) in [5.74, 6) is -1.02. The number of sulfonamides is 1. The third-order valence-corrected chi connectivity index (χ3v) is 6.01. The lowest BCUT2D eigenvalue weighted by Gasteiger charge is -2.22. The summed E-state index contributed by atoms with van der Waals surface area (Å²) >= 11 is 0. The molecule has 34 heavy (non-hydrogen) atoms. The van der Waals surface area contributed by atoms with E-state index in [1.807, 2.05) is 0 Å². The predicted molar refractivity (Wildman–Crippen MR) is 116 cm³/mol. The lowest BCUT2D eigenvalue weighted by atomic mass is 10.1. The summed E-state index contributed by atoms with van der Waals surface area (Å²) in [7, 11) is -3.88. The van der Waals surface area contributed by atoms with Crippen LogP contribution in [-0.2, 0) is 10.0 Å². The molecule has 4 aromatic rings. The van der Waals surface area contributed by atoms with Crippen LogP contribution in [0.4, 0.5) is 19.0 Å². The smallest absolute Gasteiger partial charge is 0.429 e. The van der Waals surface area contributed by atoms with Gasteiger partial charge in [0.1, 0.15) is 5.69 Å². The summed E-state index contributed by atoms with van der Waals surface area (Å²) in [5, 5.41) is 0. The van der Waals surface area contributed by atoms with E-state index >= 15 is 0 Å². The van der Waals surface area contributed by atoms with Gasteiger partial charge in [-0.25, -0.2) is 23.4 Å². The molecule has 0 bridgehead atoms. The van der Waals surface area contributed by atoms with Crippen molar-refractivity contribution in [2.75, 3.05) is 10.5 Å². The topological polar surface area (TPSA) is 120 Å². The summed E-state index contributed by atoms with van der Waals surface area (Å²) in [6.07, 6.45) is -3.53. The maximum atomic E-state index is 14.0. The first-order chi connectivity index (χ1) is 16.2. The van der Waals surface area contributed by atoms with Crippen molar-refractivity contribution in [1.82, 2.24) is 19.9 Å². The number of hydrogen-bond acceptors (Lipinski definition) is 8. The van der Waals surface area contributed by atoms with Gasteiger partial charge >= 0.3 is 6.18 Å². The maximum Gasteiger partial charge on any atom is 0.429 e. The second-order valence-corrected chi connectivity index (χ2v) is 9.01. The van der Waals surface area contributed by atoms with Crippen LogP contribution in [0.2, 0.25) is 0 Å². The Morgan fingerprint density at radius 2 is 1.82 bits per heavy atom. The van der Waals surface area contributed by atoms with Crippen LogP contribution in [0.1, 0.15) is 25.0 Å². The van der Waals surface area contributed by atoms with Crippen LogP contribution in [0.5, 0.6) is 5.88 Å². The molecule has 0 aliphatic carbocycles. The molecule has 1 N–H and O–H groups in total. The zero-order valence-electron chi connectivity index (χ0n) is 17.7. The van der Waals surface area contributed by atoms with E-state index in [9.17, 15) is 21.6 Å². The largest absolute Gasteiger partial charge is 0.457 e. The molecule has 0 saturated heterocycles. The van der Waals surface area contributed by atoms with Gasteiger partial charge in [0.15, 0.2) is 12.2 Å². The quantitative estimate of drug-likeness (QED) is 0.381. The lowest BCUT2D eigenvalue weighted by Crippen LogP contribution is -2.27. The Morgan fingerprint density at radius 1 is 1.09 bits per heavy atom. The Morgan fingerprint density at radius 3 is 2.41 bits per heavy atom. The first kappa shape index (κ1) is 23.4. The first-order valence-corrected chi connectivity index (χ1v) is 11.7. The van der Waals surface area contributed by atoms with E-state index in [1.54, 1.807) is 25.1 Å². The highest BCUT2D eigenvalue weighted by atomic mass is 32.2.